The minimum absolute atomic E-state index is 0.358. The Hall–Kier alpha value is -3.38. The summed E-state index contributed by atoms with van der Waals surface area (Å²) < 4.78 is 11.6. The second kappa shape index (κ2) is 18.9. The third kappa shape index (κ3) is 14.8. The second-order valence-electron chi connectivity index (χ2n) is 7.79. The van der Waals surface area contributed by atoms with Gasteiger partial charge in [0.2, 0.25) is 0 Å². The van der Waals surface area contributed by atoms with Crippen molar-refractivity contribution in [2.45, 2.75) is 58.6 Å². The highest BCUT2D eigenvalue weighted by atomic mass is 16.5. The molecule has 0 saturated heterocycles. The van der Waals surface area contributed by atoms with E-state index in [1.165, 1.54) is 31.4 Å². The van der Waals surface area contributed by atoms with Crippen LogP contribution in [-0.4, -0.2) is 88.6 Å². The lowest BCUT2D eigenvalue weighted by Crippen LogP contribution is -2.27. The molecule has 0 aliphatic heterocycles. The number of carboxylic acid groups (broad SMARTS) is 4. The van der Waals surface area contributed by atoms with E-state index in [1.54, 1.807) is 7.11 Å². The summed E-state index contributed by atoms with van der Waals surface area (Å²) in [6, 6.07) is 6.28. The Bertz CT molecular complexity index is 773. The third-order valence-electron chi connectivity index (χ3n) is 5.24. The molecule has 1 fully saturated rings. The normalized spacial score (nSPS) is 12.6. The average Bonchev–Trinajstić information content (AvgIpc) is 3.35. The number of hydrogen-bond acceptors (Lipinski definition) is 8. The number of benzene rings is 1. The molecule has 204 valence electrons. The molecule has 0 bridgehead atoms. The Kier molecular flexibility index (Phi) is 17.1. The van der Waals surface area contributed by atoms with Crippen LogP contribution in [0.1, 0.15) is 51.5 Å². The number of nitrogens with one attached hydrogen (secondary N) is 1. The van der Waals surface area contributed by atoms with Crippen LogP contribution < -0.4 is 14.8 Å². The largest absolute Gasteiger partial charge is 0.493 e. The van der Waals surface area contributed by atoms with Gasteiger partial charge in [0.15, 0.2) is 11.5 Å². The van der Waals surface area contributed by atoms with Gasteiger partial charge in [-0.15, -0.1) is 0 Å². The first kappa shape index (κ1) is 32.6. The van der Waals surface area contributed by atoms with Gasteiger partial charge in [0, 0.05) is 6.54 Å². The van der Waals surface area contributed by atoms with Gasteiger partial charge >= 0.3 is 23.9 Å². The monoisotopic (exact) mass is 514 g/mol. The Morgan fingerprint density at radius 3 is 1.89 bits per heavy atom. The molecular formula is C24H38N2O10. The topological polar surface area (TPSA) is 183 Å². The fourth-order valence-corrected chi connectivity index (χ4v) is 3.31. The molecule has 1 aromatic carbocycles. The third-order valence-corrected chi connectivity index (χ3v) is 5.24. The summed E-state index contributed by atoms with van der Waals surface area (Å²) in [5.74, 6) is -5.56. The van der Waals surface area contributed by atoms with Crippen LogP contribution in [0.3, 0.4) is 0 Å². The van der Waals surface area contributed by atoms with E-state index in [0.29, 0.717) is 6.10 Å². The van der Waals surface area contributed by atoms with E-state index in [0.717, 1.165) is 50.5 Å². The van der Waals surface area contributed by atoms with Gasteiger partial charge in [0.05, 0.1) is 13.2 Å². The molecule has 1 aromatic rings. The van der Waals surface area contributed by atoms with Gasteiger partial charge in [-0.05, 0) is 76.0 Å². The van der Waals surface area contributed by atoms with E-state index in [9.17, 15) is 0 Å². The van der Waals surface area contributed by atoms with Gasteiger partial charge in [-0.25, -0.2) is 19.2 Å². The summed E-state index contributed by atoms with van der Waals surface area (Å²) in [7, 11) is 1.71. The number of hydrogen-bond donors (Lipinski definition) is 5. The van der Waals surface area contributed by atoms with Gasteiger partial charge in [-0.1, -0.05) is 19.9 Å². The van der Waals surface area contributed by atoms with Crippen LogP contribution in [-0.2, 0) is 25.7 Å². The Morgan fingerprint density at radius 2 is 1.44 bits per heavy atom. The smallest absolute Gasteiger partial charge is 0.414 e. The lowest BCUT2D eigenvalue weighted by molar-refractivity contribution is -0.159. The molecule has 1 aliphatic carbocycles. The molecule has 0 aromatic heterocycles. The van der Waals surface area contributed by atoms with Crippen LogP contribution in [0.5, 0.6) is 11.5 Å². The summed E-state index contributed by atoms with van der Waals surface area (Å²) in [5, 5.41) is 33.1. The van der Waals surface area contributed by atoms with Crippen molar-refractivity contribution in [3.8, 4) is 11.5 Å². The molecule has 0 atom stereocenters. The minimum Gasteiger partial charge on any atom is -0.493 e. The van der Waals surface area contributed by atoms with Crippen molar-refractivity contribution in [3.05, 3.63) is 23.8 Å². The van der Waals surface area contributed by atoms with Crippen molar-refractivity contribution in [1.29, 1.82) is 0 Å². The van der Waals surface area contributed by atoms with Crippen LogP contribution in [0.4, 0.5) is 0 Å². The SMILES string of the molecule is CCN(CC)CCCNCc1ccc(OC)c(OC2CCCC2)c1.O=C(O)C(=O)O.O=C(O)C(=O)O. The standard InChI is InChI=1S/C20H34N2O2.2C2H2O4/c1-4-22(5-2)14-8-13-21-16-17-11-12-19(23-3)20(15-17)24-18-9-6-7-10-18;2*3-1(4)2(5)6/h11-12,15,18,21H,4-10,13-14,16H2,1-3H3;2*(H,3,4)(H,5,6). The van der Waals surface area contributed by atoms with E-state index in [4.69, 9.17) is 49.1 Å². The molecule has 5 N–H and O–H groups in total. The highest BCUT2D eigenvalue weighted by Gasteiger charge is 2.18. The van der Waals surface area contributed by atoms with Gasteiger partial charge in [0.1, 0.15) is 0 Å². The van der Waals surface area contributed by atoms with Crippen molar-refractivity contribution in [2.24, 2.45) is 0 Å². The molecule has 1 saturated carbocycles. The first-order valence-corrected chi connectivity index (χ1v) is 11.7. The second-order valence-corrected chi connectivity index (χ2v) is 7.79. The fraction of sp³-hybridized carbons (Fsp3) is 0.583. The zero-order valence-corrected chi connectivity index (χ0v) is 21.1. The highest BCUT2D eigenvalue weighted by Crippen LogP contribution is 2.32. The summed E-state index contributed by atoms with van der Waals surface area (Å²) in [5.41, 5.74) is 1.26. The lowest BCUT2D eigenvalue weighted by atomic mass is 10.2. The first-order chi connectivity index (χ1) is 17.0. The molecule has 2 rings (SSSR count). The number of rotatable bonds is 11. The van der Waals surface area contributed by atoms with Crippen molar-refractivity contribution < 1.29 is 49.1 Å². The van der Waals surface area contributed by atoms with Crippen LogP contribution in [0.25, 0.3) is 0 Å². The molecule has 0 radical (unpaired) electrons. The molecule has 1 aliphatic rings. The van der Waals surface area contributed by atoms with E-state index in [-0.39, 0.29) is 0 Å². The number of nitrogens with zero attached hydrogens (tertiary/aromatic N) is 1. The van der Waals surface area contributed by atoms with E-state index >= 15 is 0 Å². The van der Waals surface area contributed by atoms with Gasteiger partial charge in [0.25, 0.3) is 0 Å². The molecule has 0 heterocycles. The summed E-state index contributed by atoms with van der Waals surface area (Å²) in [6.45, 7) is 9.80. The summed E-state index contributed by atoms with van der Waals surface area (Å²) in [6.07, 6.45) is 6.43. The quantitative estimate of drug-likeness (QED) is 0.214. The maximum atomic E-state index is 9.10. The molecule has 36 heavy (non-hydrogen) atoms. The number of ether oxygens (including phenoxy) is 2. The predicted octanol–water partition coefficient (Wildman–Crippen LogP) is 2.15. The van der Waals surface area contributed by atoms with Crippen molar-refractivity contribution >= 4 is 23.9 Å². The first-order valence-electron chi connectivity index (χ1n) is 11.7. The molecule has 0 unspecified atom stereocenters. The molecule has 12 nitrogen and oxygen atoms in total. The van der Waals surface area contributed by atoms with Gasteiger partial charge in [-0.2, -0.15) is 0 Å². The Morgan fingerprint density at radius 1 is 0.917 bits per heavy atom. The van der Waals surface area contributed by atoms with Gasteiger partial charge < -0.3 is 40.1 Å². The maximum Gasteiger partial charge on any atom is 0.414 e. The highest BCUT2D eigenvalue weighted by molar-refractivity contribution is 6.27. The lowest BCUT2D eigenvalue weighted by Gasteiger charge is -2.18. The number of carbonyl (C=O) groups is 4. The number of aliphatic carboxylic acids is 4. The molecular weight excluding hydrogens is 476 g/mol. The van der Waals surface area contributed by atoms with Crippen molar-refractivity contribution in [1.82, 2.24) is 10.2 Å². The van der Waals surface area contributed by atoms with E-state index in [1.807, 2.05) is 6.07 Å². The van der Waals surface area contributed by atoms with E-state index < -0.39 is 23.9 Å². The van der Waals surface area contributed by atoms with Crippen LogP contribution >= 0.6 is 0 Å². The van der Waals surface area contributed by atoms with Gasteiger partial charge in [-0.3, -0.25) is 0 Å². The molecule has 12 heteroatoms. The van der Waals surface area contributed by atoms with E-state index in [2.05, 4.69) is 36.2 Å². The molecule has 0 spiro atoms. The molecule has 0 amide bonds. The maximum absolute atomic E-state index is 9.10. The Labute approximate surface area is 210 Å². The zero-order chi connectivity index (χ0) is 27.5. The van der Waals surface area contributed by atoms with Crippen LogP contribution in [0.2, 0.25) is 0 Å². The van der Waals surface area contributed by atoms with Crippen LogP contribution in [0, 0.1) is 0 Å². The van der Waals surface area contributed by atoms with Crippen molar-refractivity contribution in [3.63, 3.8) is 0 Å². The summed E-state index contributed by atoms with van der Waals surface area (Å²) >= 11 is 0. The minimum atomic E-state index is -1.82. The van der Waals surface area contributed by atoms with Crippen LogP contribution in [0.15, 0.2) is 18.2 Å². The number of methoxy groups -OCH3 is 1. The Balaban J connectivity index is 0.000000846. The zero-order valence-electron chi connectivity index (χ0n) is 21.1. The average molecular weight is 515 g/mol. The number of carboxylic acids is 4. The summed E-state index contributed by atoms with van der Waals surface area (Å²) in [4.78, 5) is 38.9. The fourth-order valence-electron chi connectivity index (χ4n) is 3.31. The predicted molar refractivity (Wildman–Crippen MR) is 131 cm³/mol. The van der Waals surface area contributed by atoms with Crippen molar-refractivity contribution in [2.75, 3.05) is 33.3 Å².